The number of rotatable bonds is 3. The van der Waals surface area contributed by atoms with Crippen molar-refractivity contribution in [3.05, 3.63) is 35.6 Å². The maximum Gasteiger partial charge on any atom is 0.225 e. The molecule has 0 aromatic heterocycles. The number of hydrogen-bond acceptors (Lipinski definition) is 2. The van der Waals surface area contributed by atoms with Gasteiger partial charge >= 0.3 is 0 Å². The summed E-state index contributed by atoms with van der Waals surface area (Å²) < 4.78 is 13.6. The number of amides is 1. The van der Waals surface area contributed by atoms with E-state index < -0.39 is 0 Å². The van der Waals surface area contributed by atoms with Crippen LogP contribution in [-0.4, -0.2) is 29.9 Å². The van der Waals surface area contributed by atoms with Crippen LogP contribution in [-0.2, 0) is 11.2 Å². The maximum absolute atomic E-state index is 13.6. The molecule has 1 amide bonds. The predicted molar refractivity (Wildman–Crippen MR) is 80.3 cm³/mol. The summed E-state index contributed by atoms with van der Waals surface area (Å²) in [5, 5.41) is 0. The maximum atomic E-state index is 13.6. The third-order valence-electron chi connectivity index (χ3n) is 3.68. The van der Waals surface area contributed by atoms with Gasteiger partial charge in [-0.1, -0.05) is 25.1 Å². The Hall–Kier alpha value is -1.13. The van der Waals surface area contributed by atoms with Crippen LogP contribution in [0, 0.1) is 11.7 Å². The fourth-order valence-electron chi connectivity index (χ4n) is 2.60. The Kier molecular flexibility index (Phi) is 6.43. The first-order valence-electron chi connectivity index (χ1n) is 6.85. The molecule has 1 aromatic carbocycles. The number of carbonyl (C=O) groups excluding carboxylic acids is 1. The monoisotopic (exact) mass is 300 g/mol. The normalized spacial score (nSPS) is 20.1. The second-order valence-electron chi connectivity index (χ2n) is 5.38. The molecule has 1 saturated heterocycles. The molecule has 0 aliphatic carbocycles. The van der Waals surface area contributed by atoms with E-state index in [0.717, 1.165) is 19.4 Å². The molecular weight excluding hydrogens is 279 g/mol. The molecule has 0 radical (unpaired) electrons. The standard InChI is InChI=1S/C15H21FN2O.ClH/c1-11(9-12-5-2-3-7-14(12)16)15(19)18-8-4-6-13(17)10-18;/h2-3,5,7,11,13H,4,6,8-10,17H2,1H3;1H. The van der Waals surface area contributed by atoms with Crippen molar-refractivity contribution in [2.45, 2.75) is 32.2 Å². The van der Waals surface area contributed by atoms with Crippen LogP contribution in [0.25, 0.3) is 0 Å². The zero-order valence-corrected chi connectivity index (χ0v) is 12.5. The highest BCUT2D eigenvalue weighted by atomic mass is 35.5. The molecule has 0 saturated carbocycles. The molecule has 112 valence electrons. The lowest BCUT2D eigenvalue weighted by Gasteiger charge is -2.32. The van der Waals surface area contributed by atoms with Gasteiger partial charge in [0, 0.05) is 25.0 Å². The fourth-order valence-corrected chi connectivity index (χ4v) is 2.60. The minimum absolute atomic E-state index is 0. The zero-order chi connectivity index (χ0) is 13.8. The van der Waals surface area contributed by atoms with Gasteiger partial charge in [-0.3, -0.25) is 4.79 Å². The Morgan fingerprint density at radius 3 is 2.85 bits per heavy atom. The van der Waals surface area contributed by atoms with Crippen molar-refractivity contribution in [1.82, 2.24) is 4.90 Å². The number of nitrogens with two attached hydrogens (primary N) is 1. The molecule has 5 heteroatoms. The molecule has 0 bridgehead atoms. The van der Waals surface area contributed by atoms with E-state index in [1.807, 2.05) is 11.8 Å². The Labute approximate surface area is 125 Å². The molecule has 1 aliphatic heterocycles. The minimum atomic E-state index is -0.238. The topological polar surface area (TPSA) is 46.3 Å². The SMILES string of the molecule is CC(Cc1ccccc1F)C(=O)N1CCCC(N)C1.Cl. The highest BCUT2D eigenvalue weighted by Crippen LogP contribution is 2.17. The molecule has 1 aliphatic rings. The van der Waals surface area contributed by atoms with Crippen LogP contribution < -0.4 is 5.73 Å². The van der Waals surface area contributed by atoms with E-state index in [0.29, 0.717) is 18.5 Å². The summed E-state index contributed by atoms with van der Waals surface area (Å²) in [5.74, 6) is -0.363. The summed E-state index contributed by atoms with van der Waals surface area (Å²) in [4.78, 5) is 14.1. The van der Waals surface area contributed by atoms with Crippen molar-refractivity contribution >= 4 is 18.3 Å². The van der Waals surface area contributed by atoms with Gasteiger partial charge in [-0.25, -0.2) is 4.39 Å². The molecule has 1 heterocycles. The second kappa shape index (κ2) is 7.60. The predicted octanol–water partition coefficient (Wildman–Crippen LogP) is 2.38. The molecular formula is C15H22ClFN2O. The molecule has 20 heavy (non-hydrogen) atoms. The summed E-state index contributed by atoms with van der Waals surface area (Å²) in [7, 11) is 0. The van der Waals surface area contributed by atoms with Crippen LogP contribution in [0.1, 0.15) is 25.3 Å². The van der Waals surface area contributed by atoms with Crippen LogP contribution in [0.4, 0.5) is 4.39 Å². The van der Waals surface area contributed by atoms with Crippen molar-refractivity contribution in [2.75, 3.05) is 13.1 Å². The van der Waals surface area contributed by atoms with Crippen LogP contribution >= 0.6 is 12.4 Å². The van der Waals surface area contributed by atoms with Gasteiger partial charge in [0.1, 0.15) is 5.82 Å². The molecule has 2 N–H and O–H groups in total. The van der Waals surface area contributed by atoms with E-state index in [4.69, 9.17) is 5.73 Å². The molecule has 1 fully saturated rings. The van der Waals surface area contributed by atoms with Gasteiger partial charge in [-0.05, 0) is 30.9 Å². The van der Waals surface area contributed by atoms with E-state index in [9.17, 15) is 9.18 Å². The lowest BCUT2D eigenvalue weighted by Crippen LogP contribution is -2.47. The van der Waals surface area contributed by atoms with Gasteiger partial charge in [0.15, 0.2) is 0 Å². The highest BCUT2D eigenvalue weighted by molar-refractivity contribution is 5.85. The van der Waals surface area contributed by atoms with Crippen molar-refractivity contribution in [2.24, 2.45) is 11.7 Å². The van der Waals surface area contributed by atoms with E-state index in [1.165, 1.54) is 6.07 Å². The number of hydrogen-bond donors (Lipinski definition) is 1. The molecule has 2 atom stereocenters. The van der Waals surface area contributed by atoms with Crippen molar-refractivity contribution in [3.63, 3.8) is 0 Å². The average molecular weight is 301 g/mol. The fraction of sp³-hybridized carbons (Fsp3) is 0.533. The number of halogens is 2. The summed E-state index contributed by atoms with van der Waals surface area (Å²) in [6.07, 6.45) is 2.38. The largest absolute Gasteiger partial charge is 0.341 e. The molecule has 1 aromatic rings. The Morgan fingerprint density at radius 1 is 1.50 bits per heavy atom. The van der Waals surface area contributed by atoms with Crippen molar-refractivity contribution < 1.29 is 9.18 Å². The van der Waals surface area contributed by atoms with Gasteiger partial charge in [-0.15, -0.1) is 12.4 Å². The third kappa shape index (κ3) is 4.18. The first-order chi connectivity index (χ1) is 9.08. The smallest absolute Gasteiger partial charge is 0.225 e. The van der Waals surface area contributed by atoms with Crippen LogP contribution in [0.3, 0.4) is 0 Å². The lowest BCUT2D eigenvalue weighted by atomic mass is 9.97. The first-order valence-corrected chi connectivity index (χ1v) is 6.85. The van der Waals surface area contributed by atoms with Gasteiger partial charge in [0.25, 0.3) is 0 Å². The number of nitrogens with zero attached hydrogens (tertiary/aromatic N) is 1. The van der Waals surface area contributed by atoms with Gasteiger partial charge in [-0.2, -0.15) is 0 Å². The van der Waals surface area contributed by atoms with E-state index in [-0.39, 0.29) is 36.1 Å². The number of piperidine rings is 1. The molecule has 3 nitrogen and oxygen atoms in total. The quantitative estimate of drug-likeness (QED) is 0.931. The van der Waals surface area contributed by atoms with E-state index >= 15 is 0 Å². The first kappa shape index (κ1) is 16.9. The third-order valence-corrected chi connectivity index (χ3v) is 3.68. The average Bonchev–Trinajstić information content (AvgIpc) is 2.40. The number of likely N-dealkylation sites (tertiary alicyclic amines) is 1. The van der Waals surface area contributed by atoms with Gasteiger partial charge in [0.2, 0.25) is 5.91 Å². The lowest BCUT2D eigenvalue weighted by molar-refractivity contribution is -0.136. The molecule has 2 rings (SSSR count). The minimum Gasteiger partial charge on any atom is -0.341 e. The van der Waals surface area contributed by atoms with Gasteiger partial charge < -0.3 is 10.6 Å². The van der Waals surface area contributed by atoms with Crippen molar-refractivity contribution in [1.29, 1.82) is 0 Å². The van der Waals surface area contributed by atoms with Gasteiger partial charge in [0.05, 0.1) is 0 Å². The van der Waals surface area contributed by atoms with Crippen LogP contribution in [0.2, 0.25) is 0 Å². The van der Waals surface area contributed by atoms with E-state index in [2.05, 4.69) is 0 Å². The summed E-state index contributed by atoms with van der Waals surface area (Å²) in [6, 6.07) is 6.71. The second-order valence-corrected chi connectivity index (χ2v) is 5.38. The highest BCUT2D eigenvalue weighted by Gasteiger charge is 2.25. The Morgan fingerprint density at radius 2 is 2.20 bits per heavy atom. The Bertz CT molecular complexity index is 455. The zero-order valence-electron chi connectivity index (χ0n) is 11.7. The summed E-state index contributed by atoms with van der Waals surface area (Å²) in [5.41, 5.74) is 6.49. The summed E-state index contributed by atoms with van der Waals surface area (Å²) in [6.45, 7) is 3.25. The molecule has 2 unspecified atom stereocenters. The number of benzene rings is 1. The summed E-state index contributed by atoms with van der Waals surface area (Å²) >= 11 is 0. The van der Waals surface area contributed by atoms with Crippen molar-refractivity contribution in [3.8, 4) is 0 Å². The van der Waals surface area contributed by atoms with Crippen LogP contribution in [0.15, 0.2) is 24.3 Å². The number of carbonyl (C=O) groups is 1. The van der Waals surface area contributed by atoms with Crippen LogP contribution in [0.5, 0.6) is 0 Å². The van der Waals surface area contributed by atoms with E-state index in [1.54, 1.807) is 18.2 Å². The molecule has 0 spiro atoms. The Balaban J connectivity index is 0.00000200.